The highest BCUT2D eigenvalue weighted by Gasteiger charge is 2.18. The summed E-state index contributed by atoms with van der Waals surface area (Å²) < 4.78 is 5.53. The standard InChI is InChI=1S/C8H15NOS/c1-6(8(9)11)5-10-7-3-2-4-7/h6-7H,2-5H2,1H3,(H2,9,11). The predicted molar refractivity (Wildman–Crippen MR) is 49.5 cm³/mol. The van der Waals surface area contributed by atoms with Gasteiger partial charge in [-0.15, -0.1) is 0 Å². The van der Waals surface area contributed by atoms with Gasteiger partial charge in [-0.2, -0.15) is 0 Å². The first-order valence-corrected chi connectivity index (χ1v) is 4.52. The molecule has 2 N–H and O–H groups in total. The summed E-state index contributed by atoms with van der Waals surface area (Å²) in [6.07, 6.45) is 4.23. The molecule has 0 spiro atoms. The molecule has 0 aliphatic heterocycles. The molecule has 1 saturated carbocycles. The molecule has 0 aromatic heterocycles. The summed E-state index contributed by atoms with van der Waals surface area (Å²) >= 11 is 4.82. The first kappa shape index (κ1) is 8.94. The Kier molecular flexibility index (Phi) is 3.27. The van der Waals surface area contributed by atoms with Crippen LogP contribution < -0.4 is 5.73 Å². The predicted octanol–water partition coefficient (Wildman–Crippen LogP) is 1.48. The van der Waals surface area contributed by atoms with Crippen LogP contribution in [-0.4, -0.2) is 17.7 Å². The third-order valence-corrected chi connectivity index (χ3v) is 2.52. The van der Waals surface area contributed by atoms with Crippen molar-refractivity contribution in [2.45, 2.75) is 32.3 Å². The highest BCUT2D eigenvalue weighted by molar-refractivity contribution is 7.80. The lowest BCUT2D eigenvalue weighted by Gasteiger charge is -2.26. The molecule has 0 bridgehead atoms. The molecule has 0 amide bonds. The molecule has 0 aromatic carbocycles. The number of ether oxygens (including phenoxy) is 1. The van der Waals surface area contributed by atoms with Crippen molar-refractivity contribution >= 4 is 17.2 Å². The Morgan fingerprint density at radius 2 is 2.36 bits per heavy atom. The summed E-state index contributed by atoms with van der Waals surface area (Å²) in [5.74, 6) is 0.227. The van der Waals surface area contributed by atoms with Crippen LogP contribution in [0, 0.1) is 5.92 Å². The molecule has 1 aliphatic carbocycles. The van der Waals surface area contributed by atoms with E-state index in [4.69, 9.17) is 22.7 Å². The minimum absolute atomic E-state index is 0.227. The highest BCUT2D eigenvalue weighted by Crippen LogP contribution is 2.22. The Morgan fingerprint density at radius 3 is 2.73 bits per heavy atom. The van der Waals surface area contributed by atoms with Gasteiger partial charge in [0.1, 0.15) is 0 Å². The summed E-state index contributed by atoms with van der Waals surface area (Å²) in [5.41, 5.74) is 5.43. The molecule has 2 nitrogen and oxygen atoms in total. The lowest BCUT2D eigenvalue weighted by atomic mass is 9.96. The van der Waals surface area contributed by atoms with Crippen molar-refractivity contribution in [3.05, 3.63) is 0 Å². The summed E-state index contributed by atoms with van der Waals surface area (Å²) in [7, 11) is 0. The van der Waals surface area contributed by atoms with Gasteiger partial charge in [-0.1, -0.05) is 19.1 Å². The molecular formula is C8H15NOS. The van der Waals surface area contributed by atoms with Crippen molar-refractivity contribution in [2.75, 3.05) is 6.61 Å². The van der Waals surface area contributed by atoms with E-state index in [2.05, 4.69) is 0 Å². The maximum atomic E-state index is 5.53. The molecule has 0 radical (unpaired) electrons. The van der Waals surface area contributed by atoms with E-state index in [9.17, 15) is 0 Å². The second-order valence-electron chi connectivity index (χ2n) is 3.19. The number of hydrogen-bond donors (Lipinski definition) is 1. The monoisotopic (exact) mass is 173 g/mol. The summed E-state index contributed by atoms with van der Waals surface area (Å²) in [5, 5.41) is 0. The van der Waals surface area contributed by atoms with Gasteiger partial charge in [-0.3, -0.25) is 0 Å². The van der Waals surface area contributed by atoms with Crippen molar-refractivity contribution in [1.82, 2.24) is 0 Å². The van der Waals surface area contributed by atoms with Gasteiger partial charge in [0, 0.05) is 5.92 Å². The first-order chi connectivity index (χ1) is 5.20. The molecule has 1 rings (SSSR count). The minimum atomic E-state index is 0.227. The SMILES string of the molecule is CC(COC1CCC1)C(N)=S. The number of nitrogens with two attached hydrogens (primary N) is 1. The van der Waals surface area contributed by atoms with Crippen molar-refractivity contribution in [2.24, 2.45) is 11.7 Å². The normalized spacial score (nSPS) is 20.8. The molecule has 1 atom stereocenters. The van der Waals surface area contributed by atoms with E-state index in [0.717, 1.165) is 0 Å². The number of rotatable bonds is 4. The lowest BCUT2D eigenvalue weighted by Crippen LogP contribution is -2.28. The quantitative estimate of drug-likeness (QED) is 0.654. The zero-order chi connectivity index (χ0) is 8.27. The summed E-state index contributed by atoms with van der Waals surface area (Å²) in [6.45, 7) is 2.70. The zero-order valence-corrected chi connectivity index (χ0v) is 7.69. The maximum Gasteiger partial charge on any atom is 0.0779 e. The second kappa shape index (κ2) is 4.02. The van der Waals surface area contributed by atoms with Gasteiger partial charge in [0.2, 0.25) is 0 Å². The summed E-state index contributed by atoms with van der Waals surface area (Å²) in [4.78, 5) is 0.560. The molecule has 0 saturated heterocycles. The molecular weight excluding hydrogens is 158 g/mol. The Bertz CT molecular complexity index is 145. The van der Waals surface area contributed by atoms with Gasteiger partial charge in [-0.05, 0) is 19.3 Å². The Labute approximate surface area is 73.1 Å². The van der Waals surface area contributed by atoms with E-state index >= 15 is 0 Å². The van der Waals surface area contributed by atoms with E-state index in [1.165, 1.54) is 19.3 Å². The molecule has 11 heavy (non-hydrogen) atoms. The fourth-order valence-electron chi connectivity index (χ4n) is 0.900. The topological polar surface area (TPSA) is 35.2 Å². The fourth-order valence-corrected chi connectivity index (χ4v) is 0.968. The van der Waals surface area contributed by atoms with E-state index in [-0.39, 0.29) is 5.92 Å². The number of thiocarbonyl (C=S) groups is 1. The third-order valence-electron chi connectivity index (χ3n) is 2.12. The van der Waals surface area contributed by atoms with Crippen LogP contribution in [0.5, 0.6) is 0 Å². The minimum Gasteiger partial charge on any atom is -0.393 e. The van der Waals surface area contributed by atoms with E-state index < -0.39 is 0 Å². The average molecular weight is 173 g/mol. The fraction of sp³-hybridized carbons (Fsp3) is 0.875. The number of hydrogen-bond acceptors (Lipinski definition) is 2. The smallest absolute Gasteiger partial charge is 0.0779 e. The molecule has 0 aromatic rings. The van der Waals surface area contributed by atoms with Crippen LogP contribution >= 0.6 is 12.2 Å². The molecule has 1 unspecified atom stereocenters. The average Bonchev–Trinajstić information content (AvgIpc) is 1.83. The van der Waals surface area contributed by atoms with E-state index in [1.807, 2.05) is 6.92 Å². The van der Waals surface area contributed by atoms with Gasteiger partial charge in [0.05, 0.1) is 17.7 Å². The third kappa shape index (κ3) is 2.75. The molecule has 0 heterocycles. The second-order valence-corrected chi connectivity index (χ2v) is 3.66. The zero-order valence-electron chi connectivity index (χ0n) is 6.88. The Balaban J connectivity index is 2.05. The summed E-state index contributed by atoms with van der Waals surface area (Å²) in [6, 6.07) is 0. The molecule has 1 fully saturated rings. The molecule has 64 valence electrons. The van der Waals surface area contributed by atoms with Gasteiger partial charge >= 0.3 is 0 Å². The van der Waals surface area contributed by atoms with E-state index in [0.29, 0.717) is 17.7 Å². The van der Waals surface area contributed by atoms with Crippen molar-refractivity contribution in [3.8, 4) is 0 Å². The van der Waals surface area contributed by atoms with Gasteiger partial charge in [-0.25, -0.2) is 0 Å². The molecule has 3 heteroatoms. The van der Waals surface area contributed by atoms with Crippen LogP contribution in [0.1, 0.15) is 26.2 Å². The van der Waals surface area contributed by atoms with Gasteiger partial charge < -0.3 is 10.5 Å². The van der Waals surface area contributed by atoms with E-state index in [1.54, 1.807) is 0 Å². The maximum absolute atomic E-state index is 5.53. The van der Waals surface area contributed by atoms with Crippen LogP contribution in [0.2, 0.25) is 0 Å². The van der Waals surface area contributed by atoms with Crippen LogP contribution in [0.25, 0.3) is 0 Å². The van der Waals surface area contributed by atoms with Crippen LogP contribution in [0.15, 0.2) is 0 Å². The van der Waals surface area contributed by atoms with Gasteiger partial charge in [0.15, 0.2) is 0 Å². The Hall–Kier alpha value is -0.150. The van der Waals surface area contributed by atoms with Crippen LogP contribution in [0.4, 0.5) is 0 Å². The van der Waals surface area contributed by atoms with Crippen molar-refractivity contribution in [3.63, 3.8) is 0 Å². The Morgan fingerprint density at radius 1 is 1.73 bits per heavy atom. The first-order valence-electron chi connectivity index (χ1n) is 4.11. The lowest BCUT2D eigenvalue weighted by molar-refractivity contribution is -0.00458. The van der Waals surface area contributed by atoms with Crippen LogP contribution in [0.3, 0.4) is 0 Å². The van der Waals surface area contributed by atoms with Gasteiger partial charge in [0.25, 0.3) is 0 Å². The van der Waals surface area contributed by atoms with Crippen molar-refractivity contribution in [1.29, 1.82) is 0 Å². The molecule has 1 aliphatic rings. The largest absolute Gasteiger partial charge is 0.393 e. The van der Waals surface area contributed by atoms with Crippen LogP contribution in [-0.2, 0) is 4.74 Å². The highest BCUT2D eigenvalue weighted by atomic mass is 32.1. The van der Waals surface area contributed by atoms with Crippen molar-refractivity contribution < 1.29 is 4.74 Å².